The Morgan fingerprint density at radius 3 is 2.62 bits per heavy atom. The first kappa shape index (κ1) is 15.3. The zero-order valence-corrected chi connectivity index (χ0v) is 11.1. The molecule has 21 heavy (non-hydrogen) atoms. The normalized spacial score (nSPS) is 12.2. The van der Waals surface area contributed by atoms with Crippen LogP contribution in [0.2, 0.25) is 0 Å². The van der Waals surface area contributed by atoms with E-state index >= 15 is 0 Å². The lowest BCUT2D eigenvalue weighted by molar-refractivity contribution is -0.173. The van der Waals surface area contributed by atoms with Crippen molar-refractivity contribution in [2.45, 2.75) is 26.1 Å². The molecule has 0 aliphatic carbocycles. The summed E-state index contributed by atoms with van der Waals surface area (Å²) in [5.74, 6) is 0.283. The Morgan fingerprint density at radius 2 is 2.00 bits per heavy atom. The van der Waals surface area contributed by atoms with Gasteiger partial charge in [-0.3, -0.25) is 14.3 Å². The van der Waals surface area contributed by atoms with E-state index in [0.29, 0.717) is 6.54 Å². The van der Waals surface area contributed by atoms with Crippen molar-refractivity contribution in [1.82, 2.24) is 19.5 Å². The molecule has 0 fully saturated rings. The first-order chi connectivity index (χ1) is 9.81. The second-order valence-corrected chi connectivity index (χ2v) is 4.30. The average Bonchev–Trinajstić information content (AvgIpc) is 2.78. The van der Waals surface area contributed by atoms with Gasteiger partial charge >= 0.3 is 11.9 Å². The van der Waals surface area contributed by atoms with Gasteiger partial charge in [-0.25, -0.2) is 9.78 Å². The van der Waals surface area contributed by atoms with Crippen molar-refractivity contribution in [3.05, 3.63) is 26.7 Å². The van der Waals surface area contributed by atoms with Crippen molar-refractivity contribution in [2.75, 3.05) is 13.2 Å². The Morgan fingerprint density at radius 1 is 1.29 bits per heavy atom. The molecule has 0 radical (unpaired) electrons. The van der Waals surface area contributed by atoms with Crippen molar-refractivity contribution in [1.29, 1.82) is 0 Å². The van der Waals surface area contributed by atoms with Gasteiger partial charge in [-0.2, -0.15) is 13.2 Å². The predicted octanol–water partition coefficient (Wildman–Crippen LogP) is 0.554. The van der Waals surface area contributed by atoms with Crippen molar-refractivity contribution in [3.63, 3.8) is 0 Å². The number of ether oxygens (including phenoxy) is 1. The van der Waals surface area contributed by atoms with Crippen LogP contribution in [0.1, 0.15) is 12.7 Å². The number of alkyl halides is 3. The highest BCUT2D eigenvalue weighted by Crippen LogP contribution is 2.14. The zero-order chi connectivity index (χ0) is 15.6. The van der Waals surface area contributed by atoms with E-state index in [1.807, 2.05) is 0 Å². The monoisotopic (exact) mass is 306 g/mol. The number of aromatic nitrogens is 4. The smallest absolute Gasteiger partial charge is 0.372 e. The molecule has 0 aliphatic rings. The molecule has 0 amide bonds. The summed E-state index contributed by atoms with van der Waals surface area (Å²) >= 11 is 0. The summed E-state index contributed by atoms with van der Waals surface area (Å²) < 4.78 is 41.5. The van der Waals surface area contributed by atoms with Crippen LogP contribution < -0.4 is 11.2 Å². The van der Waals surface area contributed by atoms with E-state index in [1.165, 1.54) is 4.57 Å². The molecule has 0 unspecified atom stereocenters. The number of nitrogens with one attached hydrogen (secondary N) is 2. The Labute approximate surface area is 115 Å². The minimum absolute atomic E-state index is 0.0715. The van der Waals surface area contributed by atoms with E-state index in [0.717, 1.165) is 0 Å². The maximum Gasteiger partial charge on any atom is 0.411 e. The second kappa shape index (κ2) is 5.72. The molecular weight excluding hydrogens is 293 g/mol. The number of H-pyrrole nitrogens is 2. The van der Waals surface area contributed by atoms with Crippen LogP contribution >= 0.6 is 0 Å². The van der Waals surface area contributed by atoms with Gasteiger partial charge in [0.1, 0.15) is 17.9 Å². The minimum atomic E-state index is -4.38. The van der Waals surface area contributed by atoms with Gasteiger partial charge in [-0.1, -0.05) is 0 Å². The summed E-state index contributed by atoms with van der Waals surface area (Å²) in [6, 6.07) is 0. The largest absolute Gasteiger partial charge is 0.411 e. The summed E-state index contributed by atoms with van der Waals surface area (Å²) in [6.07, 6.45) is -4.31. The average molecular weight is 306 g/mol. The quantitative estimate of drug-likeness (QED) is 0.789. The van der Waals surface area contributed by atoms with Crippen molar-refractivity contribution in [3.8, 4) is 0 Å². The predicted molar refractivity (Wildman–Crippen MR) is 67.2 cm³/mol. The fourth-order valence-electron chi connectivity index (χ4n) is 1.86. The number of hydrogen-bond donors (Lipinski definition) is 2. The van der Waals surface area contributed by atoms with Gasteiger partial charge in [0.25, 0.3) is 5.56 Å². The molecule has 2 aromatic heterocycles. The molecule has 0 saturated heterocycles. The van der Waals surface area contributed by atoms with Crippen LogP contribution in [-0.4, -0.2) is 38.9 Å². The lowest BCUT2D eigenvalue weighted by Crippen LogP contribution is -2.29. The van der Waals surface area contributed by atoms with E-state index in [-0.39, 0.29) is 30.0 Å². The summed E-state index contributed by atoms with van der Waals surface area (Å²) in [5, 5.41) is 0. The van der Waals surface area contributed by atoms with E-state index in [9.17, 15) is 22.8 Å². The number of halogens is 3. The molecule has 0 bridgehead atoms. The van der Waals surface area contributed by atoms with Crippen LogP contribution in [0.25, 0.3) is 11.2 Å². The molecule has 2 N–H and O–H groups in total. The molecule has 0 aromatic carbocycles. The van der Waals surface area contributed by atoms with E-state index < -0.39 is 24.0 Å². The number of rotatable bonds is 5. The van der Waals surface area contributed by atoms with Crippen LogP contribution in [-0.2, 0) is 17.7 Å². The highest BCUT2D eigenvalue weighted by molar-refractivity contribution is 5.69. The van der Waals surface area contributed by atoms with Crippen LogP contribution in [0.4, 0.5) is 13.2 Å². The summed E-state index contributed by atoms with van der Waals surface area (Å²) in [5.41, 5.74) is -0.907. The van der Waals surface area contributed by atoms with Crippen LogP contribution in [0, 0.1) is 0 Å². The third kappa shape index (κ3) is 3.51. The topological polar surface area (TPSA) is 92.8 Å². The molecule has 2 aromatic rings. The molecular formula is C11H13F3N4O3. The molecule has 0 spiro atoms. The fourth-order valence-corrected chi connectivity index (χ4v) is 1.86. The maximum atomic E-state index is 11.9. The summed E-state index contributed by atoms with van der Waals surface area (Å²) in [4.78, 5) is 32.1. The Hall–Kier alpha value is -2.10. The number of imidazole rings is 1. The van der Waals surface area contributed by atoms with Gasteiger partial charge in [0.15, 0.2) is 5.65 Å². The Kier molecular flexibility index (Phi) is 4.16. The van der Waals surface area contributed by atoms with Gasteiger partial charge < -0.3 is 9.72 Å². The van der Waals surface area contributed by atoms with Gasteiger partial charge in [0, 0.05) is 13.0 Å². The summed E-state index contributed by atoms with van der Waals surface area (Å²) in [7, 11) is 0. The van der Waals surface area contributed by atoms with Crippen LogP contribution in [0.5, 0.6) is 0 Å². The van der Waals surface area contributed by atoms with Gasteiger partial charge in [-0.15, -0.1) is 0 Å². The molecule has 0 saturated carbocycles. The molecule has 2 heterocycles. The molecule has 116 valence electrons. The Bertz CT molecular complexity index is 744. The van der Waals surface area contributed by atoms with Crippen LogP contribution in [0.15, 0.2) is 9.59 Å². The van der Waals surface area contributed by atoms with Crippen molar-refractivity contribution < 1.29 is 17.9 Å². The fraction of sp³-hybridized carbons (Fsp3) is 0.545. The molecule has 2 rings (SSSR count). The highest BCUT2D eigenvalue weighted by atomic mass is 19.4. The first-order valence-electron chi connectivity index (χ1n) is 6.18. The third-order valence-electron chi connectivity index (χ3n) is 2.75. The minimum Gasteiger partial charge on any atom is -0.372 e. The van der Waals surface area contributed by atoms with E-state index in [4.69, 9.17) is 0 Å². The lowest BCUT2D eigenvalue weighted by Gasteiger charge is -2.06. The highest BCUT2D eigenvalue weighted by Gasteiger charge is 2.27. The number of aryl methyl sites for hydroxylation is 1. The Balaban J connectivity index is 2.18. The molecule has 10 heteroatoms. The molecule has 0 atom stereocenters. The third-order valence-corrected chi connectivity index (χ3v) is 2.75. The second-order valence-electron chi connectivity index (χ2n) is 4.30. The standard InChI is InChI=1S/C11H13F3N4O3/c1-2-18-8-7(9(19)17-10(18)20)15-6(16-8)3-4-21-5-11(12,13)14/h2-5H2,1H3,(H,15,16)(H,17,19,20). The molecule has 7 nitrogen and oxygen atoms in total. The van der Waals surface area contributed by atoms with Gasteiger partial charge in [0.05, 0.1) is 6.61 Å². The zero-order valence-electron chi connectivity index (χ0n) is 11.1. The number of fused-ring (bicyclic) bond motifs is 1. The van der Waals surface area contributed by atoms with E-state index in [1.54, 1.807) is 6.92 Å². The molecule has 0 aliphatic heterocycles. The maximum absolute atomic E-state index is 11.9. The lowest BCUT2D eigenvalue weighted by atomic mass is 10.4. The number of nitrogens with zero attached hydrogens (tertiary/aromatic N) is 2. The number of aromatic amines is 2. The van der Waals surface area contributed by atoms with Crippen molar-refractivity contribution in [2.24, 2.45) is 0 Å². The van der Waals surface area contributed by atoms with Gasteiger partial charge in [-0.05, 0) is 6.92 Å². The summed E-state index contributed by atoms with van der Waals surface area (Å²) in [6.45, 7) is 0.474. The van der Waals surface area contributed by atoms with E-state index in [2.05, 4.69) is 19.7 Å². The number of hydrogen-bond acceptors (Lipinski definition) is 4. The van der Waals surface area contributed by atoms with Crippen molar-refractivity contribution >= 4 is 11.2 Å². The SMILES string of the molecule is CCn1c(=O)[nH]c(=O)c2[nH]c(CCOCC(F)(F)F)nc21. The first-order valence-corrected chi connectivity index (χ1v) is 6.18. The van der Waals surface area contributed by atoms with Gasteiger partial charge in [0.2, 0.25) is 0 Å². The van der Waals surface area contributed by atoms with Crippen LogP contribution in [0.3, 0.4) is 0 Å².